The van der Waals surface area contributed by atoms with Gasteiger partial charge in [-0.2, -0.15) is 44.0 Å². The Morgan fingerprint density at radius 3 is 1.64 bits per heavy atom. The zero-order valence-corrected chi connectivity index (χ0v) is 25.2. The van der Waals surface area contributed by atoms with Gasteiger partial charge in [-0.05, 0) is 10.4 Å². The highest BCUT2D eigenvalue weighted by molar-refractivity contribution is 6.38. The quantitative estimate of drug-likeness (QED) is 0.169. The van der Waals surface area contributed by atoms with Crippen LogP contribution in [0.1, 0.15) is 16.7 Å². The molecule has 0 radical (unpaired) electrons. The summed E-state index contributed by atoms with van der Waals surface area (Å²) in [5.74, 6) is -0.570. The summed E-state index contributed by atoms with van der Waals surface area (Å²) in [6.45, 7) is 0. The van der Waals surface area contributed by atoms with Gasteiger partial charge in [0.25, 0.3) is 0 Å². The van der Waals surface area contributed by atoms with Gasteiger partial charge in [-0.3, -0.25) is 0 Å². The fourth-order valence-corrected chi connectivity index (χ4v) is 4.89. The van der Waals surface area contributed by atoms with Gasteiger partial charge in [0.15, 0.2) is 11.5 Å². The average molecular weight is 771 g/mol. The van der Waals surface area contributed by atoms with Crippen molar-refractivity contribution in [3.8, 4) is 5.82 Å². The number of alkyl halides is 9. The van der Waals surface area contributed by atoms with Gasteiger partial charge in [-0.15, -0.1) is 10.2 Å². The molecule has 5 rings (SSSR count). The maximum absolute atomic E-state index is 12.7. The van der Waals surface area contributed by atoms with Crippen molar-refractivity contribution in [3.05, 3.63) is 77.8 Å². The first-order valence-corrected chi connectivity index (χ1v) is 13.0. The topological polar surface area (TPSA) is 126 Å². The molecular weight excluding hydrogens is 764 g/mol. The van der Waals surface area contributed by atoms with Crippen molar-refractivity contribution in [1.82, 2.24) is 45.0 Å². The van der Waals surface area contributed by atoms with Crippen LogP contribution in [0.4, 0.5) is 45.3 Å². The van der Waals surface area contributed by atoms with E-state index in [1.807, 2.05) is 0 Å². The minimum Gasteiger partial charge on any atom is -0.382 e. The van der Waals surface area contributed by atoms with Crippen molar-refractivity contribution in [2.24, 2.45) is 0 Å². The standard InChI is InChI=1S/C8H3Cl2F3N4.C6HCl2F3N4.C6H3Cl2F3N2/c9-4-3-14-7(17-2-1-15-16-17)6(10)5(4)8(11,12)13;7-2-1-15-5(12-13-14-15)4(8)3(2)6(9,10)11;7-2-1-13-5(12)4(8)3(2)6(9,10)11/h1-3H;1H;1H,(H2,12,13). The van der Waals surface area contributed by atoms with E-state index >= 15 is 0 Å². The highest BCUT2D eigenvalue weighted by atomic mass is 35.5. The predicted octanol–water partition coefficient (Wildman–Crippen LogP) is 8.43. The molecule has 0 amide bonds. The van der Waals surface area contributed by atoms with Crippen LogP contribution in [-0.4, -0.2) is 45.0 Å². The Balaban J connectivity index is 0.000000186. The van der Waals surface area contributed by atoms with Crippen LogP contribution >= 0.6 is 69.6 Å². The van der Waals surface area contributed by atoms with Crippen molar-refractivity contribution >= 4 is 81.1 Å². The third kappa shape index (κ3) is 8.39. The second kappa shape index (κ2) is 13.7. The van der Waals surface area contributed by atoms with E-state index in [0.717, 1.165) is 27.8 Å². The summed E-state index contributed by atoms with van der Waals surface area (Å²) in [6.07, 6.45) is -8.67. The second-order valence-corrected chi connectivity index (χ2v) is 10.1. The number of nitrogen functional groups attached to an aromatic ring is 1. The zero-order valence-electron chi connectivity index (χ0n) is 20.7. The van der Waals surface area contributed by atoms with Gasteiger partial charge >= 0.3 is 18.5 Å². The minimum absolute atomic E-state index is 0.180. The molecule has 0 atom stereocenters. The maximum atomic E-state index is 12.7. The Morgan fingerprint density at radius 1 is 0.644 bits per heavy atom. The first-order valence-electron chi connectivity index (χ1n) is 10.7. The summed E-state index contributed by atoms with van der Waals surface area (Å²) in [6, 6.07) is 0. The second-order valence-electron chi connectivity index (χ2n) is 7.75. The first kappa shape index (κ1) is 36.4. The molecule has 0 aromatic carbocycles. The molecule has 0 aliphatic carbocycles. The molecule has 10 nitrogen and oxygen atoms in total. The van der Waals surface area contributed by atoms with Crippen LogP contribution in [0.2, 0.25) is 30.1 Å². The molecule has 0 fully saturated rings. The van der Waals surface area contributed by atoms with Gasteiger partial charge in [0.2, 0.25) is 0 Å². The number of fused-ring (bicyclic) bond motifs is 1. The first-order chi connectivity index (χ1) is 20.7. The Hall–Kier alpha value is -3.10. The summed E-state index contributed by atoms with van der Waals surface area (Å²) in [5.41, 5.74) is 1.48. The molecule has 45 heavy (non-hydrogen) atoms. The van der Waals surface area contributed by atoms with Gasteiger partial charge in [0, 0.05) is 12.4 Å². The molecule has 5 aromatic rings. The number of halogens is 15. The summed E-state index contributed by atoms with van der Waals surface area (Å²) in [4.78, 5) is 7.06. The molecular formula is C20H7Cl6F9N10. The number of hydrogen-bond donors (Lipinski definition) is 1. The highest BCUT2D eigenvalue weighted by Crippen LogP contribution is 2.42. The molecule has 0 aliphatic rings. The Kier molecular flexibility index (Phi) is 11.1. The largest absolute Gasteiger partial charge is 0.419 e. The number of rotatable bonds is 1. The van der Waals surface area contributed by atoms with Gasteiger partial charge in [0.1, 0.15) is 10.8 Å². The number of nitrogens with zero attached hydrogens (tertiary/aromatic N) is 9. The van der Waals surface area contributed by atoms with E-state index in [0.29, 0.717) is 0 Å². The van der Waals surface area contributed by atoms with E-state index in [1.165, 1.54) is 12.4 Å². The van der Waals surface area contributed by atoms with Crippen LogP contribution in [0.25, 0.3) is 11.5 Å². The van der Waals surface area contributed by atoms with Crippen LogP contribution in [0.3, 0.4) is 0 Å². The van der Waals surface area contributed by atoms with E-state index in [1.54, 1.807) is 0 Å². The zero-order chi connectivity index (χ0) is 34.1. The van der Waals surface area contributed by atoms with E-state index in [9.17, 15) is 39.5 Å². The number of tetrazole rings is 1. The van der Waals surface area contributed by atoms with Crippen LogP contribution in [-0.2, 0) is 18.5 Å². The van der Waals surface area contributed by atoms with Crippen molar-refractivity contribution in [2.45, 2.75) is 18.5 Å². The predicted molar refractivity (Wildman–Crippen MR) is 144 cm³/mol. The molecule has 0 unspecified atom stereocenters. The van der Waals surface area contributed by atoms with Crippen LogP contribution < -0.4 is 5.73 Å². The maximum Gasteiger partial charge on any atom is 0.419 e. The normalized spacial score (nSPS) is 12.0. The highest BCUT2D eigenvalue weighted by Gasteiger charge is 2.39. The minimum atomic E-state index is -4.66. The lowest BCUT2D eigenvalue weighted by atomic mass is 10.2. The Labute approximate surface area is 272 Å². The molecule has 25 heteroatoms. The van der Waals surface area contributed by atoms with Gasteiger partial charge in [-0.25, -0.2) is 14.6 Å². The number of aromatic nitrogens is 9. The van der Waals surface area contributed by atoms with Gasteiger partial charge in [-0.1, -0.05) is 74.8 Å². The van der Waals surface area contributed by atoms with E-state index in [4.69, 9.17) is 75.3 Å². The summed E-state index contributed by atoms with van der Waals surface area (Å²) < 4.78 is 114. The van der Waals surface area contributed by atoms with Gasteiger partial charge in [0.05, 0.1) is 60.4 Å². The molecule has 0 aliphatic heterocycles. The molecule has 5 aromatic heterocycles. The lowest BCUT2D eigenvalue weighted by Crippen LogP contribution is -2.11. The summed E-state index contributed by atoms with van der Waals surface area (Å²) >= 11 is 32.6. The van der Waals surface area contributed by atoms with Crippen molar-refractivity contribution < 1.29 is 39.5 Å². The summed E-state index contributed by atoms with van der Waals surface area (Å²) in [5, 5.41) is 13.3. The van der Waals surface area contributed by atoms with E-state index < -0.39 is 71.2 Å². The molecule has 0 saturated carbocycles. The van der Waals surface area contributed by atoms with Crippen molar-refractivity contribution in [2.75, 3.05) is 5.73 Å². The van der Waals surface area contributed by atoms with E-state index in [-0.39, 0.29) is 11.5 Å². The molecule has 5 heterocycles. The Morgan fingerprint density at radius 2 is 1.16 bits per heavy atom. The third-order valence-corrected chi connectivity index (χ3v) is 6.79. The van der Waals surface area contributed by atoms with Crippen LogP contribution in [0.5, 0.6) is 0 Å². The number of nitrogens with two attached hydrogens (primary N) is 1. The third-order valence-electron chi connectivity index (χ3n) is 4.83. The van der Waals surface area contributed by atoms with E-state index in [2.05, 4.69) is 35.8 Å². The molecule has 0 bridgehead atoms. The SMILES string of the molecule is FC(F)(F)c1c(Cl)cn2nnnc2c1Cl.FC(F)(F)c1c(Cl)cnc(-n2ccnn2)c1Cl.Nc1ncc(Cl)c(C(F)(F)F)c1Cl. The van der Waals surface area contributed by atoms with Crippen molar-refractivity contribution in [1.29, 1.82) is 0 Å². The fourth-order valence-electron chi connectivity index (χ4n) is 3.01. The van der Waals surface area contributed by atoms with Crippen molar-refractivity contribution in [3.63, 3.8) is 0 Å². The fraction of sp³-hybridized carbons (Fsp3) is 0.150. The van der Waals surface area contributed by atoms with Crippen LogP contribution in [0.15, 0.2) is 31.0 Å². The molecule has 0 saturated heterocycles. The number of pyridine rings is 3. The summed E-state index contributed by atoms with van der Waals surface area (Å²) in [7, 11) is 0. The lowest BCUT2D eigenvalue weighted by molar-refractivity contribution is -0.138. The number of hydrogen-bond acceptors (Lipinski definition) is 8. The monoisotopic (exact) mass is 768 g/mol. The molecule has 242 valence electrons. The van der Waals surface area contributed by atoms with Gasteiger partial charge < -0.3 is 5.73 Å². The van der Waals surface area contributed by atoms with Crippen LogP contribution in [0, 0.1) is 0 Å². The smallest absolute Gasteiger partial charge is 0.382 e. The lowest BCUT2D eigenvalue weighted by Gasteiger charge is -2.12. The molecule has 0 spiro atoms. The number of anilines is 1. The molecule has 2 N–H and O–H groups in total. The Bertz CT molecular complexity index is 1810. The average Bonchev–Trinajstić information content (AvgIpc) is 3.58.